The number of urea groups is 1. The highest BCUT2D eigenvalue weighted by molar-refractivity contribution is 5.90. The Hall–Kier alpha value is -1.83. The summed E-state index contributed by atoms with van der Waals surface area (Å²) >= 11 is 0. The van der Waals surface area contributed by atoms with Crippen molar-refractivity contribution in [3.8, 4) is 0 Å². The lowest BCUT2D eigenvalue weighted by atomic mass is 10.2. The molecule has 1 rings (SSSR count). The Morgan fingerprint density at radius 1 is 1.63 bits per heavy atom. The third-order valence-corrected chi connectivity index (χ3v) is 3.08. The van der Waals surface area contributed by atoms with Crippen molar-refractivity contribution in [2.24, 2.45) is 0 Å². The van der Waals surface area contributed by atoms with Crippen LogP contribution in [0, 0.1) is 0 Å². The zero-order valence-electron chi connectivity index (χ0n) is 11.3. The molecule has 1 saturated heterocycles. The molecule has 0 aromatic rings. The number of aliphatic carboxylic acids is 1. The van der Waals surface area contributed by atoms with E-state index in [1.165, 1.54) is 12.0 Å². The molecular weight excluding hydrogens is 254 g/mol. The minimum atomic E-state index is -1.14. The molecule has 0 aromatic heterocycles. The van der Waals surface area contributed by atoms with Crippen molar-refractivity contribution in [1.82, 2.24) is 15.1 Å². The summed E-state index contributed by atoms with van der Waals surface area (Å²) in [6.45, 7) is 1.79. The van der Waals surface area contributed by atoms with Crippen LogP contribution >= 0.6 is 0 Å². The summed E-state index contributed by atoms with van der Waals surface area (Å²) in [5, 5.41) is 11.5. The molecule has 3 amide bonds. The molecule has 0 saturated carbocycles. The Bertz CT molecular complexity index is 373. The number of nitrogens with zero attached hydrogens (tertiary/aromatic N) is 2. The van der Waals surface area contributed by atoms with Gasteiger partial charge in [0.05, 0.1) is 12.6 Å². The van der Waals surface area contributed by atoms with E-state index in [-0.39, 0.29) is 25.0 Å². The Morgan fingerprint density at radius 3 is 2.79 bits per heavy atom. The van der Waals surface area contributed by atoms with Crippen LogP contribution in [0.3, 0.4) is 0 Å². The number of carbonyl (C=O) groups excluding carboxylic acids is 2. The summed E-state index contributed by atoms with van der Waals surface area (Å²) in [6, 6.07) is -1.74. The van der Waals surface area contributed by atoms with Crippen molar-refractivity contribution in [1.29, 1.82) is 0 Å². The summed E-state index contributed by atoms with van der Waals surface area (Å²) in [7, 11) is 3.07. The lowest BCUT2D eigenvalue weighted by molar-refractivity contribution is -0.144. The molecule has 2 N–H and O–H groups in total. The van der Waals surface area contributed by atoms with Crippen molar-refractivity contribution in [2.75, 3.05) is 33.9 Å². The first-order valence-corrected chi connectivity index (χ1v) is 5.90. The number of hydrogen-bond acceptors (Lipinski definition) is 4. The lowest BCUT2D eigenvalue weighted by Gasteiger charge is -2.37. The number of nitrogens with one attached hydrogen (secondary N) is 1. The standard InChI is InChI=1S/C11H19N3O5/c1-7(6-19-3)13(2)11(18)14-5-9(15)12-4-8(14)10(16)17/h7-8H,4-6H2,1-3H3,(H,12,15)(H,16,17). The van der Waals surface area contributed by atoms with Crippen molar-refractivity contribution in [2.45, 2.75) is 19.0 Å². The fourth-order valence-electron chi connectivity index (χ4n) is 1.81. The van der Waals surface area contributed by atoms with Gasteiger partial charge in [-0.3, -0.25) is 9.69 Å². The highest BCUT2D eigenvalue weighted by Gasteiger charge is 2.37. The van der Waals surface area contributed by atoms with E-state index in [0.29, 0.717) is 6.61 Å². The minimum absolute atomic E-state index is 0.0770. The average Bonchev–Trinajstić information content (AvgIpc) is 2.36. The number of carbonyl (C=O) groups is 3. The van der Waals surface area contributed by atoms with E-state index in [1.807, 2.05) is 0 Å². The lowest BCUT2D eigenvalue weighted by Crippen LogP contribution is -2.62. The van der Waals surface area contributed by atoms with E-state index in [2.05, 4.69) is 5.32 Å². The SMILES string of the molecule is COCC(C)N(C)C(=O)N1CC(=O)NCC1C(=O)O. The number of piperazine rings is 1. The van der Waals surface area contributed by atoms with Crippen molar-refractivity contribution in [3.63, 3.8) is 0 Å². The number of amides is 3. The van der Waals surface area contributed by atoms with E-state index < -0.39 is 18.0 Å². The van der Waals surface area contributed by atoms with E-state index in [9.17, 15) is 14.4 Å². The van der Waals surface area contributed by atoms with Gasteiger partial charge in [0.25, 0.3) is 0 Å². The largest absolute Gasteiger partial charge is 0.480 e. The van der Waals surface area contributed by atoms with Crippen LogP contribution in [-0.4, -0.2) is 78.8 Å². The third kappa shape index (κ3) is 3.57. The number of carboxylic acid groups (broad SMARTS) is 1. The Balaban J connectivity index is 2.81. The fourth-order valence-corrected chi connectivity index (χ4v) is 1.81. The zero-order chi connectivity index (χ0) is 14.6. The molecule has 0 radical (unpaired) electrons. The van der Waals surface area contributed by atoms with Gasteiger partial charge in [-0.2, -0.15) is 0 Å². The normalized spacial score (nSPS) is 20.7. The monoisotopic (exact) mass is 273 g/mol. The topological polar surface area (TPSA) is 99.2 Å². The second kappa shape index (κ2) is 6.37. The molecule has 8 nitrogen and oxygen atoms in total. The van der Waals surface area contributed by atoms with Crippen LogP contribution in [0.5, 0.6) is 0 Å². The van der Waals surface area contributed by atoms with Gasteiger partial charge < -0.3 is 20.1 Å². The second-order valence-electron chi connectivity index (χ2n) is 4.48. The maximum absolute atomic E-state index is 12.2. The highest BCUT2D eigenvalue weighted by Crippen LogP contribution is 2.10. The number of ether oxygens (including phenoxy) is 1. The molecule has 1 aliphatic rings. The predicted octanol–water partition coefficient (Wildman–Crippen LogP) is -1.04. The molecule has 2 unspecified atom stereocenters. The van der Waals surface area contributed by atoms with Gasteiger partial charge in [-0.1, -0.05) is 0 Å². The molecule has 1 heterocycles. The van der Waals surface area contributed by atoms with Gasteiger partial charge in [-0.15, -0.1) is 0 Å². The molecule has 8 heteroatoms. The Labute approximate surface area is 111 Å². The maximum Gasteiger partial charge on any atom is 0.328 e. The van der Waals surface area contributed by atoms with Crippen LogP contribution in [0.2, 0.25) is 0 Å². The number of methoxy groups -OCH3 is 1. The van der Waals surface area contributed by atoms with Crippen LogP contribution in [-0.2, 0) is 14.3 Å². The molecule has 2 atom stereocenters. The molecule has 1 aliphatic heterocycles. The molecule has 19 heavy (non-hydrogen) atoms. The van der Waals surface area contributed by atoms with Crippen LogP contribution in [0.15, 0.2) is 0 Å². The van der Waals surface area contributed by atoms with Crippen LogP contribution in [0.25, 0.3) is 0 Å². The molecule has 1 fully saturated rings. The summed E-state index contributed by atoms with van der Waals surface area (Å²) in [4.78, 5) is 37.1. The number of likely N-dealkylation sites (N-methyl/N-ethyl adjacent to an activating group) is 1. The van der Waals surface area contributed by atoms with Gasteiger partial charge in [-0.05, 0) is 6.92 Å². The maximum atomic E-state index is 12.2. The van der Waals surface area contributed by atoms with Crippen LogP contribution in [0.1, 0.15) is 6.92 Å². The van der Waals surface area contributed by atoms with Gasteiger partial charge in [0.15, 0.2) is 0 Å². The fraction of sp³-hybridized carbons (Fsp3) is 0.727. The average molecular weight is 273 g/mol. The highest BCUT2D eigenvalue weighted by atomic mass is 16.5. The molecule has 108 valence electrons. The van der Waals surface area contributed by atoms with Crippen molar-refractivity contribution < 1.29 is 24.2 Å². The molecule has 0 bridgehead atoms. The Morgan fingerprint density at radius 2 is 2.26 bits per heavy atom. The van der Waals surface area contributed by atoms with Crippen LogP contribution in [0.4, 0.5) is 4.79 Å². The van der Waals surface area contributed by atoms with Crippen molar-refractivity contribution in [3.05, 3.63) is 0 Å². The van der Waals surface area contributed by atoms with Gasteiger partial charge >= 0.3 is 12.0 Å². The van der Waals surface area contributed by atoms with E-state index in [0.717, 1.165) is 4.90 Å². The summed E-state index contributed by atoms with van der Waals surface area (Å²) in [6.07, 6.45) is 0. The number of carboxylic acids is 1. The summed E-state index contributed by atoms with van der Waals surface area (Å²) in [5.74, 6) is -1.50. The molecule has 0 spiro atoms. The third-order valence-electron chi connectivity index (χ3n) is 3.08. The smallest absolute Gasteiger partial charge is 0.328 e. The first-order chi connectivity index (χ1) is 8.88. The van der Waals surface area contributed by atoms with Gasteiger partial charge in [0, 0.05) is 20.7 Å². The summed E-state index contributed by atoms with van der Waals surface area (Å²) < 4.78 is 4.95. The van der Waals surface area contributed by atoms with Gasteiger partial charge in [0.1, 0.15) is 12.6 Å². The second-order valence-corrected chi connectivity index (χ2v) is 4.48. The van der Waals surface area contributed by atoms with E-state index >= 15 is 0 Å². The predicted molar refractivity (Wildman–Crippen MR) is 65.6 cm³/mol. The van der Waals surface area contributed by atoms with E-state index in [1.54, 1.807) is 14.0 Å². The molecule has 0 aliphatic carbocycles. The summed E-state index contributed by atoms with van der Waals surface area (Å²) in [5.41, 5.74) is 0. The van der Waals surface area contributed by atoms with E-state index in [4.69, 9.17) is 9.84 Å². The van der Waals surface area contributed by atoms with Gasteiger partial charge in [-0.25, -0.2) is 9.59 Å². The first kappa shape index (κ1) is 15.2. The number of hydrogen-bond donors (Lipinski definition) is 2. The number of rotatable bonds is 4. The molecule has 0 aromatic carbocycles. The van der Waals surface area contributed by atoms with Crippen molar-refractivity contribution >= 4 is 17.9 Å². The first-order valence-electron chi connectivity index (χ1n) is 5.90. The zero-order valence-corrected chi connectivity index (χ0v) is 11.3. The van der Waals surface area contributed by atoms with Gasteiger partial charge in [0.2, 0.25) is 5.91 Å². The Kier molecular flexibility index (Phi) is 5.11. The molecular formula is C11H19N3O5. The quantitative estimate of drug-likeness (QED) is 0.681. The van der Waals surface area contributed by atoms with Crippen LogP contribution < -0.4 is 5.32 Å². The minimum Gasteiger partial charge on any atom is -0.480 e.